The van der Waals surface area contributed by atoms with Gasteiger partial charge in [0, 0.05) is 22.5 Å². The van der Waals surface area contributed by atoms with Crippen molar-refractivity contribution in [1.29, 1.82) is 0 Å². The van der Waals surface area contributed by atoms with Crippen LogP contribution < -0.4 is 4.72 Å². The first kappa shape index (κ1) is 17.4. The predicted molar refractivity (Wildman–Crippen MR) is 110 cm³/mol. The molecule has 1 heterocycles. The molecule has 0 bridgehead atoms. The van der Waals surface area contributed by atoms with Crippen molar-refractivity contribution in [3.05, 3.63) is 90.3 Å². The van der Waals surface area contributed by atoms with Gasteiger partial charge in [-0.2, -0.15) is 0 Å². The maximum Gasteiger partial charge on any atom is 0.261 e. The van der Waals surface area contributed by atoms with E-state index in [2.05, 4.69) is 9.29 Å². The Morgan fingerprint density at radius 1 is 0.741 bits per heavy atom. The molecule has 1 N–H and O–H groups in total. The van der Waals surface area contributed by atoms with Crippen molar-refractivity contribution in [3.8, 4) is 5.69 Å². The van der Waals surface area contributed by atoms with Gasteiger partial charge in [-0.05, 0) is 61.7 Å². The molecule has 4 rings (SSSR count). The van der Waals surface area contributed by atoms with Gasteiger partial charge in [-0.25, -0.2) is 8.42 Å². The average molecular weight is 376 g/mol. The SMILES string of the molecule is Cc1ccc(C)n1-c1ccc(S(=O)(=O)Nc2cccc3ccccc23)cc1. The highest BCUT2D eigenvalue weighted by molar-refractivity contribution is 7.92. The van der Waals surface area contributed by atoms with Crippen molar-refractivity contribution in [2.45, 2.75) is 18.7 Å². The number of aromatic nitrogens is 1. The molecule has 0 spiro atoms. The number of hydrogen-bond donors (Lipinski definition) is 1. The van der Waals surface area contributed by atoms with Crippen molar-refractivity contribution in [1.82, 2.24) is 4.57 Å². The third-order valence-electron chi connectivity index (χ3n) is 4.71. The van der Waals surface area contributed by atoms with Crippen LogP contribution in [0.25, 0.3) is 16.5 Å². The zero-order chi connectivity index (χ0) is 19.0. The predicted octanol–water partition coefficient (Wildman–Crippen LogP) is 5.05. The van der Waals surface area contributed by atoms with Crippen LogP contribution in [0.3, 0.4) is 0 Å². The summed E-state index contributed by atoms with van der Waals surface area (Å²) in [7, 11) is -3.67. The molecule has 3 aromatic carbocycles. The van der Waals surface area contributed by atoms with Gasteiger partial charge in [-0.3, -0.25) is 4.72 Å². The van der Waals surface area contributed by atoms with E-state index in [0.717, 1.165) is 27.8 Å². The van der Waals surface area contributed by atoms with Crippen molar-refractivity contribution in [2.75, 3.05) is 4.72 Å². The van der Waals surface area contributed by atoms with Crippen molar-refractivity contribution < 1.29 is 8.42 Å². The highest BCUT2D eigenvalue weighted by Gasteiger charge is 2.16. The maximum atomic E-state index is 12.9. The van der Waals surface area contributed by atoms with E-state index in [9.17, 15) is 8.42 Å². The van der Waals surface area contributed by atoms with Gasteiger partial charge in [-0.15, -0.1) is 0 Å². The number of hydrogen-bond acceptors (Lipinski definition) is 2. The normalized spacial score (nSPS) is 11.6. The smallest absolute Gasteiger partial charge is 0.261 e. The molecule has 0 fully saturated rings. The first-order valence-electron chi connectivity index (χ1n) is 8.72. The van der Waals surface area contributed by atoms with Gasteiger partial charge in [0.05, 0.1) is 10.6 Å². The second kappa shape index (κ2) is 6.59. The zero-order valence-electron chi connectivity index (χ0n) is 15.2. The van der Waals surface area contributed by atoms with Crippen molar-refractivity contribution in [3.63, 3.8) is 0 Å². The Hall–Kier alpha value is -3.05. The van der Waals surface area contributed by atoms with E-state index in [1.54, 1.807) is 18.2 Å². The van der Waals surface area contributed by atoms with Gasteiger partial charge in [-0.1, -0.05) is 36.4 Å². The summed E-state index contributed by atoms with van der Waals surface area (Å²) in [5.41, 5.74) is 3.74. The van der Waals surface area contributed by atoms with E-state index in [-0.39, 0.29) is 4.90 Å². The first-order chi connectivity index (χ1) is 13.0. The summed E-state index contributed by atoms with van der Waals surface area (Å²) < 4.78 is 30.5. The zero-order valence-corrected chi connectivity index (χ0v) is 16.0. The van der Waals surface area contributed by atoms with E-state index in [1.165, 1.54) is 0 Å². The largest absolute Gasteiger partial charge is 0.319 e. The summed E-state index contributed by atoms with van der Waals surface area (Å²) in [6.07, 6.45) is 0. The van der Waals surface area contributed by atoms with E-state index < -0.39 is 10.0 Å². The lowest BCUT2D eigenvalue weighted by Crippen LogP contribution is -2.13. The average Bonchev–Trinajstić information content (AvgIpc) is 3.00. The highest BCUT2D eigenvalue weighted by atomic mass is 32.2. The van der Waals surface area contributed by atoms with Crippen LogP contribution in [0, 0.1) is 13.8 Å². The van der Waals surface area contributed by atoms with Crippen LogP contribution >= 0.6 is 0 Å². The molecule has 0 amide bonds. The fourth-order valence-electron chi connectivity index (χ4n) is 3.37. The number of anilines is 1. The second-order valence-electron chi connectivity index (χ2n) is 6.58. The molecule has 0 aliphatic rings. The van der Waals surface area contributed by atoms with Crippen LogP contribution in [0.1, 0.15) is 11.4 Å². The molecule has 1 aromatic heterocycles. The molecular formula is C22H20N2O2S. The van der Waals surface area contributed by atoms with Crippen LogP contribution in [-0.2, 0) is 10.0 Å². The Morgan fingerprint density at radius 2 is 1.37 bits per heavy atom. The lowest BCUT2D eigenvalue weighted by atomic mass is 10.1. The number of benzene rings is 3. The van der Waals surface area contributed by atoms with Crippen LogP contribution in [-0.4, -0.2) is 13.0 Å². The molecule has 136 valence electrons. The molecular weight excluding hydrogens is 356 g/mol. The number of nitrogens with zero attached hydrogens (tertiary/aromatic N) is 1. The van der Waals surface area contributed by atoms with Crippen molar-refractivity contribution >= 4 is 26.5 Å². The maximum absolute atomic E-state index is 12.9. The number of rotatable bonds is 4. The van der Waals surface area contributed by atoms with Gasteiger partial charge in [0.2, 0.25) is 0 Å². The van der Waals surface area contributed by atoms with Crippen LogP contribution in [0.5, 0.6) is 0 Å². The first-order valence-corrected chi connectivity index (χ1v) is 10.2. The third kappa shape index (κ3) is 3.22. The molecule has 0 atom stereocenters. The third-order valence-corrected chi connectivity index (χ3v) is 6.09. The fraction of sp³-hybridized carbons (Fsp3) is 0.0909. The summed E-state index contributed by atoms with van der Waals surface area (Å²) in [5, 5.41) is 1.87. The minimum absolute atomic E-state index is 0.238. The van der Waals surface area contributed by atoms with E-state index >= 15 is 0 Å². The Bertz CT molecular complexity index is 1200. The topological polar surface area (TPSA) is 51.1 Å². The Morgan fingerprint density at radius 3 is 2.07 bits per heavy atom. The summed E-state index contributed by atoms with van der Waals surface area (Å²) in [6.45, 7) is 4.06. The van der Waals surface area contributed by atoms with E-state index in [4.69, 9.17) is 0 Å². The minimum Gasteiger partial charge on any atom is -0.319 e. The Balaban J connectivity index is 1.68. The van der Waals surface area contributed by atoms with Gasteiger partial charge < -0.3 is 4.57 Å². The molecule has 5 heteroatoms. The summed E-state index contributed by atoms with van der Waals surface area (Å²) in [4.78, 5) is 0.238. The second-order valence-corrected chi connectivity index (χ2v) is 8.26. The van der Waals surface area contributed by atoms with E-state index in [0.29, 0.717) is 5.69 Å². The molecule has 0 aliphatic heterocycles. The van der Waals surface area contributed by atoms with Gasteiger partial charge >= 0.3 is 0 Å². The van der Waals surface area contributed by atoms with E-state index in [1.807, 2.05) is 74.5 Å². The number of nitrogens with one attached hydrogen (secondary N) is 1. The van der Waals surface area contributed by atoms with Crippen molar-refractivity contribution in [2.24, 2.45) is 0 Å². The molecule has 27 heavy (non-hydrogen) atoms. The monoisotopic (exact) mass is 376 g/mol. The number of sulfonamides is 1. The number of aryl methyl sites for hydroxylation is 2. The lowest BCUT2D eigenvalue weighted by molar-refractivity contribution is 0.601. The highest BCUT2D eigenvalue weighted by Crippen LogP contribution is 2.26. The van der Waals surface area contributed by atoms with Crippen LogP contribution in [0.2, 0.25) is 0 Å². The standard InChI is InChI=1S/C22H20N2O2S/c1-16-10-11-17(2)24(16)19-12-14-20(15-13-19)27(25,26)23-22-9-5-7-18-6-3-4-8-21(18)22/h3-15,23H,1-2H3. The summed E-state index contributed by atoms with van der Waals surface area (Å²) in [5.74, 6) is 0. The Labute approximate surface area is 159 Å². The quantitative estimate of drug-likeness (QED) is 0.542. The molecule has 0 aliphatic carbocycles. The van der Waals surface area contributed by atoms with Crippen LogP contribution in [0.15, 0.2) is 83.8 Å². The van der Waals surface area contributed by atoms with Gasteiger partial charge in [0.25, 0.3) is 10.0 Å². The summed E-state index contributed by atoms with van der Waals surface area (Å²) >= 11 is 0. The van der Waals surface area contributed by atoms with Gasteiger partial charge in [0.1, 0.15) is 0 Å². The molecule has 4 aromatic rings. The molecule has 0 unspecified atom stereocenters. The Kier molecular flexibility index (Phi) is 4.24. The van der Waals surface area contributed by atoms with Gasteiger partial charge in [0.15, 0.2) is 0 Å². The molecule has 4 nitrogen and oxygen atoms in total. The lowest BCUT2D eigenvalue weighted by Gasteiger charge is -2.13. The summed E-state index contributed by atoms with van der Waals surface area (Å²) in [6, 6.07) is 24.3. The molecule has 0 saturated heterocycles. The fourth-order valence-corrected chi connectivity index (χ4v) is 4.45. The number of fused-ring (bicyclic) bond motifs is 1. The molecule has 0 radical (unpaired) electrons. The molecule has 0 saturated carbocycles. The minimum atomic E-state index is -3.67. The van der Waals surface area contributed by atoms with Crippen LogP contribution in [0.4, 0.5) is 5.69 Å².